The number of amides is 14. The minimum atomic E-state index is -1.88. The van der Waals surface area contributed by atoms with Crippen molar-refractivity contribution in [3.8, 4) is 5.75 Å². The third-order valence-corrected chi connectivity index (χ3v) is 18.6. The first kappa shape index (κ1) is 90.2. The van der Waals surface area contributed by atoms with Crippen molar-refractivity contribution >= 4 is 110 Å². The van der Waals surface area contributed by atoms with Crippen LogP contribution in [0.1, 0.15) is 62.0 Å². The third kappa shape index (κ3) is 31.7. The second-order valence-corrected chi connectivity index (χ2v) is 27.4. The molecule has 4 aromatic rings. The molecule has 2 saturated heterocycles. The Morgan fingerprint density at radius 1 is 0.632 bits per heavy atom. The van der Waals surface area contributed by atoms with Gasteiger partial charge in [-0.05, 0) is 48.4 Å². The van der Waals surface area contributed by atoms with Gasteiger partial charge in [0.25, 0.3) is 0 Å². The first-order valence-corrected chi connectivity index (χ1v) is 35.8. The summed E-state index contributed by atoms with van der Waals surface area (Å²) in [6, 6.07) is 0.313. The Bertz CT molecular complexity index is 3610. The average molecular weight is 1800 g/mol. The number of aromatic hydroxyl groups is 1. The first-order valence-electron chi connectivity index (χ1n) is 33.3. The van der Waals surface area contributed by atoms with Crippen LogP contribution in [0.4, 0.5) is 0 Å². The Hall–Kier alpha value is -8.24. The number of carbonyl (C=O) groups is 15. The Labute approximate surface area is 683 Å². The van der Waals surface area contributed by atoms with E-state index in [1.54, 1.807) is 49.1 Å². The SMILES string of the molecule is [CH2-]C(=O)NCCN(CCNC([CH2-])=O)CC(=O)NCC(=O)NCC(=O)N[C@@H](Cc1ccccc1)C(=O)N[C@@H](Cc1cnc[nH]1)C(=O)N[C@H]1CSSC[C@@H](C(=O)N[C@@H](Cc2cnc[nH]2)C(=O)NC)NC(=O)[C@H](CC(C)C)NC(=O)[C@H](CC(=O)O)NC(=O)[C@H](Cc2ccc(O)cc2)NC(=O)C2CCCN2C1=O.[Gd].[Gd]. The van der Waals surface area contributed by atoms with E-state index in [2.05, 4.69) is 103 Å². The van der Waals surface area contributed by atoms with Gasteiger partial charge in [-0.2, -0.15) is 0 Å². The molecule has 0 saturated carbocycles. The van der Waals surface area contributed by atoms with Gasteiger partial charge in [0.05, 0.1) is 50.5 Å². The van der Waals surface area contributed by atoms with Gasteiger partial charge in [0, 0.05) is 181 Å². The number of aromatic nitrogens is 4. The van der Waals surface area contributed by atoms with Crippen molar-refractivity contribution in [3.63, 3.8) is 0 Å². The number of nitrogens with zero attached hydrogens (tertiary/aromatic N) is 4. The molecule has 6 rings (SSSR count). The summed E-state index contributed by atoms with van der Waals surface area (Å²) >= 11 is 0. The fourth-order valence-corrected chi connectivity index (χ4v) is 13.3. The molecule has 4 heterocycles. The van der Waals surface area contributed by atoms with Crippen LogP contribution in [0, 0.1) is 99.6 Å². The van der Waals surface area contributed by atoms with Gasteiger partial charge in [0.15, 0.2) is 0 Å². The third-order valence-electron chi connectivity index (χ3n) is 16.2. The minimum Gasteiger partial charge on any atom is -0.508 e. The van der Waals surface area contributed by atoms with Crippen LogP contribution in [0.2, 0.25) is 0 Å². The Balaban J connectivity index is 0.0000119. The number of likely N-dealkylation sites (N-methyl/N-ethyl adjacent to an activating group) is 1. The van der Waals surface area contributed by atoms with E-state index in [1.165, 1.54) is 61.3 Å². The molecule has 2 aliphatic rings. The number of aromatic amines is 2. The van der Waals surface area contributed by atoms with Gasteiger partial charge in [-0.15, -0.1) is 0 Å². The number of hydrogen-bond donors (Lipinski definition) is 17. The molecule has 0 bridgehead atoms. The molecule has 1 unspecified atom stereocenters. The van der Waals surface area contributed by atoms with Crippen LogP contribution >= 0.6 is 21.6 Å². The number of hydrogen-bond acceptors (Lipinski definition) is 21. The molecule has 0 aliphatic carbocycles. The average Bonchev–Trinajstić information content (AvgIpc) is 1.68. The molecule has 2 aliphatic heterocycles. The van der Waals surface area contributed by atoms with E-state index < -0.39 is 163 Å². The summed E-state index contributed by atoms with van der Waals surface area (Å²) < 4.78 is 0. The van der Waals surface area contributed by atoms with Crippen LogP contribution < -0.4 is 69.1 Å². The van der Waals surface area contributed by atoms with Crippen LogP contribution in [0.25, 0.3) is 0 Å². The van der Waals surface area contributed by atoms with Gasteiger partial charge in [0.1, 0.15) is 60.1 Å². The molecule has 0 radical (unpaired) electrons. The van der Waals surface area contributed by atoms with E-state index in [0.29, 0.717) is 22.5 Å². The molecule has 2 aromatic carbocycles. The van der Waals surface area contributed by atoms with Crippen molar-refractivity contribution in [2.75, 3.05) is 70.9 Å². The summed E-state index contributed by atoms with van der Waals surface area (Å²) in [6.07, 6.45) is 3.78. The summed E-state index contributed by atoms with van der Waals surface area (Å²) in [5.74, 6) is -14.3. The predicted octanol–water partition coefficient (Wildman–Crippen LogP) is -4.92. The quantitative estimate of drug-likeness (QED) is 0.0161. The molecule has 36 nitrogen and oxygen atoms in total. The standard InChI is InChI=1S/C66H89N19O17S2.2Gd/c1-37(2)22-45-59(95)82-51(64(100)78-48(58(94)67-5)25-42-28-68-35-74-42)33-103-104-34-52(66(102)85-19-9-12-53(85)65(101)81-47(24-41-13-15-44(88)16-14-41)61(97)80-50(27-57(92)93)63(99)77-45)83-62(98)49(26-43-29-69-36-75-43)79-60(96)46(23-40-10-7-6-8-11-40)76-55(90)31-72-54(89)30-73-56(91)32-84(20-17-70-38(3)86)21-18-71-39(4)87;;/h6-8,10-11,13-16,28-29,35-37,45-53,88H,3-4,9,12,17-27,30-34H2,1-2,5H3,(H,67,94)(H,68,74)(H,69,75)(H,70,86)(H,71,87)(H,72,89)(H,73,91)(H,76,90)(H,77,99)(H,78,100)(H,79,96)(H,80,97)(H,81,101)(H,82,95)(H,83,98)(H,92,93);;/q-2;;/t45-,46-,47-,48-,49-,50-,51-,52-,53?;;/m0../s1. The molecule has 17 N–H and O–H groups in total. The van der Waals surface area contributed by atoms with Gasteiger partial charge >= 0.3 is 5.97 Å². The maximum atomic E-state index is 15.4. The van der Waals surface area contributed by atoms with Crippen LogP contribution in [0.3, 0.4) is 0 Å². The van der Waals surface area contributed by atoms with Crippen molar-refractivity contribution in [3.05, 3.63) is 116 Å². The molecular weight excluding hydrogens is 1710 g/mol. The van der Waals surface area contributed by atoms with E-state index >= 15 is 9.59 Å². The van der Waals surface area contributed by atoms with Crippen LogP contribution in [-0.4, -0.2) is 254 Å². The number of benzene rings is 2. The molecule has 0 spiro atoms. The fourth-order valence-electron chi connectivity index (χ4n) is 10.9. The first-order chi connectivity index (χ1) is 49.6. The zero-order valence-electron chi connectivity index (χ0n) is 58.3. The van der Waals surface area contributed by atoms with Gasteiger partial charge in [-0.1, -0.05) is 77.9 Å². The van der Waals surface area contributed by atoms with E-state index in [0.717, 1.165) is 21.6 Å². The molecule has 580 valence electrons. The number of rotatable bonds is 32. The fraction of sp³-hybridized carbons (Fsp3) is 0.470. The number of phenols is 1. The molecule has 40 heteroatoms. The molecule has 2 fully saturated rings. The Kier molecular flexibility index (Phi) is 39.8. The van der Waals surface area contributed by atoms with Crippen LogP contribution in [-0.2, 0) is 97.6 Å². The number of fused-ring (bicyclic) bond motifs is 1. The Morgan fingerprint density at radius 3 is 1.77 bits per heavy atom. The number of H-pyrrole nitrogens is 2. The van der Waals surface area contributed by atoms with Crippen molar-refractivity contribution < 1.29 is 162 Å². The largest absolute Gasteiger partial charge is 0.508 e. The normalized spacial score (nSPS) is 18.8. The minimum absolute atomic E-state index is 0. The van der Waals surface area contributed by atoms with Crippen molar-refractivity contribution in [2.45, 2.75) is 120 Å². The molecule has 106 heavy (non-hydrogen) atoms. The molecule has 14 amide bonds. The van der Waals surface area contributed by atoms with Crippen molar-refractivity contribution in [1.82, 2.24) is 98.9 Å². The predicted molar refractivity (Wildman–Crippen MR) is 377 cm³/mol. The van der Waals surface area contributed by atoms with Gasteiger partial charge in [-0.3, -0.25) is 67.2 Å². The number of carboxylic acid groups (broad SMARTS) is 1. The second-order valence-electron chi connectivity index (χ2n) is 24.8. The van der Waals surface area contributed by atoms with Crippen LogP contribution in [0.5, 0.6) is 5.75 Å². The van der Waals surface area contributed by atoms with E-state index in [9.17, 15) is 72.5 Å². The summed E-state index contributed by atoms with van der Waals surface area (Å²) in [5, 5.41) is 53.6. The Morgan fingerprint density at radius 2 is 1.19 bits per heavy atom. The number of imidazole rings is 2. The van der Waals surface area contributed by atoms with E-state index in [1.807, 2.05) is 0 Å². The second kappa shape index (κ2) is 46.8. The monoisotopic (exact) mass is 1800 g/mol. The van der Waals surface area contributed by atoms with Crippen LogP contribution in [0.15, 0.2) is 79.6 Å². The zero-order chi connectivity index (χ0) is 75.8. The maximum Gasteiger partial charge on any atom is 0.305 e. The van der Waals surface area contributed by atoms with E-state index in [-0.39, 0.29) is 187 Å². The molecule has 2 aromatic heterocycles. The molecular formula is C66H89Gd2N19O17S2-2. The summed E-state index contributed by atoms with van der Waals surface area (Å²) in [7, 11) is 3.22. The number of phenolic OH excluding ortho intramolecular Hbond substituents is 1. The van der Waals surface area contributed by atoms with Crippen molar-refractivity contribution in [2.24, 2.45) is 5.92 Å². The summed E-state index contributed by atoms with van der Waals surface area (Å²) in [4.78, 5) is 223. The maximum absolute atomic E-state index is 15.4. The summed E-state index contributed by atoms with van der Waals surface area (Å²) in [5.41, 5.74) is 1.70. The van der Waals surface area contributed by atoms with Gasteiger partial charge in [0.2, 0.25) is 70.9 Å². The molecule has 9 atom stereocenters. The number of aliphatic carboxylic acids is 1. The van der Waals surface area contributed by atoms with E-state index in [4.69, 9.17) is 0 Å². The van der Waals surface area contributed by atoms with Crippen molar-refractivity contribution in [1.29, 1.82) is 0 Å². The zero-order valence-corrected chi connectivity index (χ0v) is 64.4. The smallest absolute Gasteiger partial charge is 0.305 e. The van der Waals surface area contributed by atoms with Gasteiger partial charge in [-0.25, -0.2) is 9.97 Å². The summed E-state index contributed by atoms with van der Waals surface area (Å²) in [6.45, 7) is 8.92. The van der Waals surface area contributed by atoms with Gasteiger partial charge < -0.3 is 118 Å². The number of carbonyl (C=O) groups excluding carboxylic acids is 14. The number of carboxylic acids is 1. The topological polar surface area (TPSA) is 517 Å². The number of nitrogens with one attached hydrogen (secondary N) is 15.